The van der Waals surface area contributed by atoms with Crippen molar-refractivity contribution in [2.75, 3.05) is 11.1 Å². The number of benzene rings is 3. The Morgan fingerprint density at radius 3 is 2.42 bits per heavy atom. The van der Waals surface area contributed by atoms with Crippen LogP contribution in [0.25, 0.3) is 0 Å². The molecular weight excluding hydrogens is 449 g/mol. The minimum atomic E-state index is 0.560. The SMILES string of the molecule is Clc1cccc(Cl)c1Nc1ccccc1Cc1nnc2n1N=C(c1ccccc1)CS2. The van der Waals surface area contributed by atoms with Crippen molar-refractivity contribution in [2.24, 2.45) is 5.10 Å². The van der Waals surface area contributed by atoms with Crippen molar-refractivity contribution in [3.63, 3.8) is 0 Å². The fraction of sp³-hybridized carbons (Fsp3) is 0.0870. The van der Waals surface area contributed by atoms with E-state index in [0.717, 1.165) is 39.3 Å². The highest BCUT2D eigenvalue weighted by Crippen LogP contribution is 2.34. The number of fused-ring (bicyclic) bond motifs is 1. The van der Waals surface area contributed by atoms with Crippen molar-refractivity contribution in [3.05, 3.63) is 99.8 Å². The minimum absolute atomic E-state index is 0.560. The normalized spacial score (nSPS) is 12.9. The Morgan fingerprint density at radius 1 is 0.871 bits per heavy atom. The van der Waals surface area contributed by atoms with Crippen LogP contribution in [0.5, 0.6) is 0 Å². The van der Waals surface area contributed by atoms with Gasteiger partial charge >= 0.3 is 0 Å². The fourth-order valence-corrected chi connectivity index (χ4v) is 4.72. The van der Waals surface area contributed by atoms with Crippen molar-refractivity contribution < 1.29 is 0 Å². The molecule has 0 spiro atoms. The summed E-state index contributed by atoms with van der Waals surface area (Å²) in [6, 6.07) is 23.6. The molecule has 0 bridgehead atoms. The number of rotatable bonds is 5. The van der Waals surface area contributed by atoms with E-state index in [-0.39, 0.29) is 0 Å². The van der Waals surface area contributed by atoms with Crippen LogP contribution in [0.2, 0.25) is 10.0 Å². The Morgan fingerprint density at radius 2 is 1.61 bits per heavy atom. The summed E-state index contributed by atoms with van der Waals surface area (Å²) in [6.45, 7) is 0. The van der Waals surface area contributed by atoms with Crippen molar-refractivity contribution in [1.82, 2.24) is 14.9 Å². The maximum Gasteiger partial charge on any atom is 0.212 e. The van der Waals surface area contributed by atoms with E-state index < -0.39 is 0 Å². The van der Waals surface area contributed by atoms with Gasteiger partial charge in [-0.15, -0.1) is 10.2 Å². The van der Waals surface area contributed by atoms with Gasteiger partial charge in [0.05, 0.1) is 21.4 Å². The van der Waals surface area contributed by atoms with Gasteiger partial charge < -0.3 is 5.32 Å². The van der Waals surface area contributed by atoms with E-state index in [1.54, 1.807) is 11.8 Å². The van der Waals surface area contributed by atoms with Crippen LogP contribution in [0.3, 0.4) is 0 Å². The Kier molecular flexibility index (Phi) is 5.68. The van der Waals surface area contributed by atoms with Gasteiger partial charge in [0.25, 0.3) is 0 Å². The van der Waals surface area contributed by atoms with Crippen LogP contribution in [0.1, 0.15) is 17.0 Å². The number of aromatic nitrogens is 3. The van der Waals surface area contributed by atoms with E-state index in [1.807, 2.05) is 65.3 Å². The van der Waals surface area contributed by atoms with Crippen LogP contribution in [-0.2, 0) is 6.42 Å². The molecule has 3 aromatic carbocycles. The molecule has 0 fully saturated rings. The minimum Gasteiger partial charge on any atom is -0.353 e. The van der Waals surface area contributed by atoms with Gasteiger partial charge in [-0.2, -0.15) is 9.78 Å². The van der Waals surface area contributed by atoms with Crippen LogP contribution in [-0.4, -0.2) is 26.3 Å². The largest absolute Gasteiger partial charge is 0.353 e. The van der Waals surface area contributed by atoms with Crippen LogP contribution in [0.4, 0.5) is 11.4 Å². The zero-order chi connectivity index (χ0) is 21.2. The molecule has 154 valence electrons. The predicted octanol–water partition coefficient (Wildman–Crippen LogP) is 6.28. The molecule has 0 amide bonds. The Bertz CT molecular complexity index is 1250. The molecule has 0 aliphatic carbocycles. The van der Waals surface area contributed by atoms with E-state index in [2.05, 4.69) is 27.6 Å². The molecule has 2 heterocycles. The van der Waals surface area contributed by atoms with Gasteiger partial charge in [0.1, 0.15) is 0 Å². The highest BCUT2D eigenvalue weighted by molar-refractivity contribution is 7.99. The van der Waals surface area contributed by atoms with Gasteiger partial charge in [-0.3, -0.25) is 0 Å². The maximum absolute atomic E-state index is 6.35. The van der Waals surface area contributed by atoms with Crippen LogP contribution >= 0.6 is 35.0 Å². The van der Waals surface area contributed by atoms with Crippen LogP contribution < -0.4 is 5.32 Å². The van der Waals surface area contributed by atoms with Gasteiger partial charge in [0, 0.05) is 17.9 Å². The van der Waals surface area contributed by atoms with Gasteiger partial charge in [0.2, 0.25) is 5.16 Å². The summed E-state index contributed by atoms with van der Waals surface area (Å²) in [7, 11) is 0. The number of para-hydroxylation sites is 2. The topological polar surface area (TPSA) is 55.1 Å². The molecule has 0 saturated heterocycles. The third-order valence-corrected chi connectivity index (χ3v) is 6.49. The average molecular weight is 466 g/mol. The second kappa shape index (κ2) is 8.75. The first-order valence-electron chi connectivity index (χ1n) is 9.68. The molecule has 0 atom stereocenters. The number of hydrogen-bond acceptors (Lipinski definition) is 5. The molecule has 5 rings (SSSR count). The van der Waals surface area contributed by atoms with Crippen molar-refractivity contribution in [3.8, 4) is 0 Å². The van der Waals surface area contributed by atoms with Gasteiger partial charge in [-0.1, -0.05) is 89.6 Å². The maximum atomic E-state index is 6.35. The Balaban J connectivity index is 1.47. The second-order valence-corrected chi connectivity index (χ2v) is 8.72. The lowest BCUT2D eigenvalue weighted by atomic mass is 10.1. The number of nitrogens with one attached hydrogen (secondary N) is 1. The summed E-state index contributed by atoms with van der Waals surface area (Å²) >= 11 is 14.3. The van der Waals surface area contributed by atoms with Crippen molar-refractivity contribution in [2.45, 2.75) is 11.6 Å². The summed E-state index contributed by atoms with van der Waals surface area (Å²) in [5, 5.41) is 18.9. The summed E-state index contributed by atoms with van der Waals surface area (Å²) in [5.74, 6) is 1.54. The first-order chi connectivity index (χ1) is 15.2. The lowest BCUT2D eigenvalue weighted by molar-refractivity contribution is 0.720. The smallest absolute Gasteiger partial charge is 0.212 e. The van der Waals surface area contributed by atoms with Gasteiger partial charge in [0.15, 0.2) is 5.82 Å². The van der Waals surface area contributed by atoms with E-state index in [9.17, 15) is 0 Å². The molecule has 1 aliphatic rings. The van der Waals surface area contributed by atoms with Gasteiger partial charge in [-0.25, -0.2) is 0 Å². The molecule has 0 radical (unpaired) electrons. The van der Waals surface area contributed by atoms with E-state index in [0.29, 0.717) is 22.2 Å². The lowest BCUT2D eigenvalue weighted by Crippen LogP contribution is -2.14. The summed E-state index contributed by atoms with van der Waals surface area (Å²) in [4.78, 5) is 0. The molecule has 8 heteroatoms. The van der Waals surface area contributed by atoms with E-state index >= 15 is 0 Å². The molecular formula is C23H17Cl2N5S. The molecule has 31 heavy (non-hydrogen) atoms. The average Bonchev–Trinajstić information content (AvgIpc) is 3.20. The van der Waals surface area contributed by atoms with Crippen LogP contribution in [0.15, 0.2) is 83.1 Å². The summed E-state index contributed by atoms with van der Waals surface area (Å²) < 4.78 is 1.84. The predicted molar refractivity (Wildman–Crippen MR) is 128 cm³/mol. The van der Waals surface area contributed by atoms with Crippen molar-refractivity contribution >= 4 is 52.1 Å². The number of anilines is 2. The third kappa shape index (κ3) is 4.19. The molecule has 5 nitrogen and oxygen atoms in total. The molecule has 4 aromatic rings. The Hall–Kier alpha value is -2.80. The standard InChI is InChI=1S/C23H17Cl2N5S/c24-17-10-6-11-18(25)22(17)26-19-12-5-4-9-16(19)13-21-27-28-23-30(21)29-20(14-31-23)15-7-2-1-3-8-15/h1-12,26H,13-14H2. The van der Waals surface area contributed by atoms with Crippen LogP contribution in [0, 0.1) is 0 Å². The Labute approximate surface area is 194 Å². The molecule has 1 aliphatic heterocycles. The number of thioether (sulfide) groups is 1. The number of halogens is 2. The van der Waals surface area contributed by atoms with E-state index in [4.69, 9.17) is 28.3 Å². The highest BCUT2D eigenvalue weighted by Gasteiger charge is 2.20. The molecule has 0 saturated carbocycles. The fourth-order valence-electron chi connectivity index (χ4n) is 3.37. The third-order valence-electron chi connectivity index (χ3n) is 4.93. The zero-order valence-electron chi connectivity index (χ0n) is 16.3. The molecule has 1 aromatic heterocycles. The first kappa shape index (κ1) is 20.1. The molecule has 1 N–H and O–H groups in total. The van der Waals surface area contributed by atoms with Crippen molar-refractivity contribution in [1.29, 1.82) is 0 Å². The second-order valence-electron chi connectivity index (χ2n) is 6.97. The molecule has 0 unspecified atom stereocenters. The number of hydrogen-bond donors (Lipinski definition) is 1. The highest BCUT2D eigenvalue weighted by atomic mass is 35.5. The quantitative estimate of drug-likeness (QED) is 0.376. The van der Waals surface area contributed by atoms with Gasteiger partial charge in [-0.05, 0) is 29.3 Å². The monoisotopic (exact) mass is 465 g/mol. The van der Waals surface area contributed by atoms with E-state index in [1.165, 1.54) is 0 Å². The zero-order valence-corrected chi connectivity index (χ0v) is 18.6. The summed E-state index contributed by atoms with van der Waals surface area (Å²) in [5.41, 5.74) is 4.75. The lowest BCUT2D eigenvalue weighted by Gasteiger charge is -2.16. The summed E-state index contributed by atoms with van der Waals surface area (Å²) in [6.07, 6.45) is 0.560. The first-order valence-corrected chi connectivity index (χ1v) is 11.4. The number of nitrogens with zero attached hydrogens (tertiary/aromatic N) is 4.